The third kappa shape index (κ3) is 4.34. The Balaban J connectivity index is 1.68. The molecule has 0 saturated carbocycles. The minimum absolute atomic E-state index is 0.0469. The summed E-state index contributed by atoms with van der Waals surface area (Å²) in [6.45, 7) is 2.34. The summed E-state index contributed by atoms with van der Waals surface area (Å²) in [4.78, 5) is 15.2. The first-order valence-corrected chi connectivity index (χ1v) is 12.3. The van der Waals surface area contributed by atoms with Crippen LogP contribution in [-0.2, 0) is 10.0 Å². The van der Waals surface area contributed by atoms with E-state index in [0.29, 0.717) is 23.5 Å². The quantitative estimate of drug-likeness (QED) is 0.363. The molecule has 0 bridgehead atoms. The molecule has 0 aliphatic rings. The summed E-state index contributed by atoms with van der Waals surface area (Å²) in [7, 11) is -0.840. The Kier molecular flexibility index (Phi) is 6.56. The predicted octanol–water partition coefficient (Wildman–Crippen LogP) is 5.34. The van der Waals surface area contributed by atoms with Crippen LogP contribution in [0.3, 0.4) is 0 Å². The third-order valence-electron chi connectivity index (χ3n) is 5.79. The molecule has 0 saturated heterocycles. The van der Waals surface area contributed by atoms with Crippen LogP contribution in [0, 0.1) is 0 Å². The van der Waals surface area contributed by atoms with Crippen LogP contribution in [0.25, 0.3) is 10.8 Å². The topological polar surface area (TPSA) is 66.9 Å². The van der Waals surface area contributed by atoms with Crippen LogP contribution in [0.15, 0.2) is 95.9 Å². The zero-order valence-corrected chi connectivity index (χ0v) is 20.1. The van der Waals surface area contributed by atoms with Gasteiger partial charge >= 0.3 is 0 Å². The zero-order valence-electron chi connectivity index (χ0n) is 19.3. The molecule has 1 amide bonds. The smallest absolute Gasteiger partial charge is 0.264 e. The normalized spacial score (nSPS) is 11.3. The molecule has 4 aromatic carbocycles. The number of benzene rings is 4. The van der Waals surface area contributed by atoms with Gasteiger partial charge in [-0.05, 0) is 60.8 Å². The van der Waals surface area contributed by atoms with Gasteiger partial charge in [-0.3, -0.25) is 9.10 Å². The van der Waals surface area contributed by atoms with Crippen LogP contribution in [0.5, 0.6) is 5.75 Å². The van der Waals surface area contributed by atoms with E-state index in [2.05, 4.69) is 0 Å². The van der Waals surface area contributed by atoms with E-state index in [1.54, 1.807) is 48.4 Å². The van der Waals surface area contributed by atoms with Gasteiger partial charge in [0.05, 0.1) is 23.4 Å². The van der Waals surface area contributed by atoms with E-state index in [9.17, 15) is 13.2 Å². The molecule has 7 heteroatoms. The number of methoxy groups -OCH3 is 1. The van der Waals surface area contributed by atoms with E-state index in [1.807, 2.05) is 49.4 Å². The molecule has 174 valence electrons. The fraction of sp³-hybridized carbons (Fsp3) is 0.148. The second-order valence-corrected chi connectivity index (χ2v) is 9.72. The molecular weight excluding hydrogens is 448 g/mol. The number of hydrogen-bond donors (Lipinski definition) is 0. The molecule has 0 aliphatic heterocycles. The highest BCUT2D eigenvalue weighted by molar-refractivity contribution is 7.92. The second kappa shape index (κ2) is 9.57. The molecule has 34 heavy (non-hydrogen) atoms. The van der Waals surface area contributed by atoms with Crippen molar-refractivity contribution in [2.75, 3.05) is 29.9 Å². The molecule has 0 unspecified atom stereocenters. The summed E-state index contributed by atoms with van der Waals surface area (Å²) in [5.74, 6) is 0.373. The third-order valence-corrected chi connectivity index (χ3v) is 7.58. The highest BCUT2D eigenvalue weighted by Gasteiger charge is 2.24. The van der Waals surface area contributed by atoms with Crippen molar-refractivity contribution in [2.45, 2.75) is 11.8 Å². The van der Waals surface area contributed by atoms with Crippen LogP contribution in [0.2, 0.25) is 0 Å². The summed E-state index contributed by atoms with van der Waals surface area (Å²) < 4.78 is 33.0. The molecule has 0 aliphatic carbocycles. The van der Waals surface area contributed by atoms with Crippen molar-refractivity contribution in [3.63, 3.8) is 0 Å². The fourth-order valence-electron chi connectivity index (χ4n) is 3.90. The summed E-state index contributed by atoms with van der Waals surface area (Å²) in [5.41, 5.74) is 1.58. The molecule has 0 fully saturated rings. The Hall–Kier alpha value is -3.84. The largest absolute Gasteiger partial charge is 0.497 e. The minimum atomic E-state index is -3.88. The molecule has 0 spiro atoms. The number of hydrogen-bond acceptors (Lipinski definition) is 4. The summed E-state index contributed by atoms with van der Waals surface area (Å²) in [6.07, 6.45) is 0. The van der Waals surface area contributed by atoms with Gasteiger partial charge in [-0.25, -0.2) is 8.42 Å². The first-order valence-electron chi connectivity index (χ1n) is 10.9. The number of ether oxygens (including phenoxy) is 1. The van der Waals surface area contributed by atoms with E-state index in [-0.39, 0.29) is 10.8 Å². The second-order valence-electron chi connectivity index (χ2n) is 7.75. The number of carbonyl (C=O) groups is 1. The summed E-state index contributed by atoms with van der Waals surface area (Å²) in [6, 6.07) is 26.6. The summed E-state index contributed by atoms with van der Waals surface area (Å²) >= 11 is 0. The van der Waals surface area contributed by atoms with Gasteiger partial charge in [0, 0.05) is 24.5 Å². The van der Waals surface area contributed by atoms with Crippen molar-refractivity contribution in [3.8, 4) is 5.75 Å². The highest BCUT2D eigenvalue weighted by atomic mass is 32.2. The van der Waals surface area contributed by atoms with Crippen LogP contribution in [0.1, 0.15) is 17.3 Å². The lowest BCUT2D eigenvalue weighted by Crippen LogP contribution is -2.31. The van der Waals surface area contributed by atoms with Crippen LogP contribution in [-0.4, -0.2) is 35.0 Å². The molecule has 0 aromatic heterocycles. The van der Waals surface area contributed by atoms with Crippen LogP contribution >= 0.6 is 0 Å². The standard InChI is InChI=1S/C27H26N2O4S/c1-4-29(26-14-8-10-20-9-5-6-13-25(20)26)27(30)21-11-7-12-24(19-21)34(31,32)28(2)22-15-17-23(33-3)18-16-22/h5-19H,4H2,1-3H3. The lowest BCUT2D eigenvalue weighted by molar-refractivity contribution is 0.0988. The molecule has 0 radical (unpaired) electrons. The van der Waals surface area contributed by atoms with Gasteiger partial charge < -0.3 is 9.64 Å². The van der Waals surface area contributed by atoms with Crippen LogP contribution < -0.4 is 13.9 Å². The van der Waals surface area contributed by atoms with E-state index in [1.165, 1.54) is 23.5 Å². The number of amides is 1. The van der Waals surface area contributed by atoms with Gasteiger partial charge in [0.25, 0.3) is 15.9 Å². The number of rotatable bonds is 7. The van der Waals surface area contributed by atoms with Crippen LogP contribution in [0.4, 0.5) is 11.4 Å². The molecule has 0 atom stereocenters. The van der Waals surface area contributed by atoms with Gasteiger partial charge in [-0.1, -0.05) is 42.5 Å². The first kappa shape index (κ1) is 23.3. The Bertz CT molecular complexity index is 1430. The number of carbonyl (C=O) groups excluding carboxylic acids is 1. The Morgan fingerprint density at radius 1 is 0.882 bits per heavy atom. The lowest BCUT2D eigenvalue weighted by atomic mass is 10.1. The van der Waals surface area contributed by atoms with Gasteiger partial charge in [-0.2, -0.15) is 0 Å². The van der Waals surface area contributed by atoms with Crippen molar-refractivity contribution < 1.29 is 17.9 Å². The van der Waals surface area contributed by atoms with Crippen molar-refractivity contribution >= 4 is 38.1 Å². The molecule has 0 heterocycles. The number of fused-ring (bicyclic) bond motifs is 1. The first-order chi connectivity index (χ1) is 16.4. The van der Waals surface area contributed by atoms with Crippen molar-refractivity contribution in [2.24, 2.45) is 0 Å². The maximum absolute atomic E-state index is 13.5. The fourth-order valence-corrected chi connectivity index (χ4v) is 5.14. The Morgan fingerprint density at radius 3 is 2.26 bits per heavy atom. The minimum Gasteiger partial charge on any atom is -0.497 e. The van der Waals surface area contributed by atoms with Crippen molar-refractivity contribution in [3.05, 3.63) is 96.6 Å². The van der Waals surface area contributed by atoms with Crippen molar-refractivity contribution in [1.82, 2.24) is 0 Å². The number of nitrogens with zero attached hydrogens (tertiary/aromatic N) is 2. The predicted molar refractivity (Wildman–Crippen MR) is 136 cm³/mol. The van der Waals surface area contributed by atoms with Crippen molar-refractivity contribution in [1.29, 1.82) is 0 Å². The van der Waals surface area contributed by atoms with E-state index in [0.717, 1.165) is 16.5 Å². The van der Waals surface area contributed by atoms with E-state index >= 15 is 0 Å². The molecule has 4 rings (SSSR count). The highest BCUT2D eigenvalue weighted by Crippen LogP contribution is 2.29. The monoisotopic (exact) mass is 474 g/mol. The average Bonchev–Trinajstić information content (AvgIpc) is 2.89. The number of anilines is 2. The Labute approximate surface area is 200 Å². The average molecular weight is 475 g/mol. The lowest BCUT2D eigenvalue weighted by Gasteiger charge is -2.24. The summed E-state index contributed by atoms with van der Waals surface area (Å²) in [5, 5.41) is 1.99. The molecule has 4 aromatic rings. The maximum atomic E-state index is 13.5. The molecule has 6 nitrogen and oxygen atoms in total. The van der Waals surface area contributed by atoms with Gasteiger partial charge in [0.15, 0.2) is 0 Å². The maximum Gasteiger partial charge on any atom is 0.264 e. The van der Waals surface area contributed by atoms with Gasteiger partial charge in [-0.15, -0.1) is 0 Å². The zero-order chi connectivity index (χ0) is 24.3. The van der Waals surface area contributed by atoms with Gasteiger partial charge in [0.1, 0.15) is 5.75 Å². The van der Waals surface area contributed by atoms with E-state index < -0.39 is 10.0 Å². The van der Waals surface area contributed by atoms with Gasteiger partial charge in [0.2, 0.25) is 0 Å². The Morgan fingerprint density at radius 2 is 1.56 bits per heavy atom. The number of sulfonamides is 1. The molecular formula is C27H26N2O4S. The SMILES string of the molecule is CCN(C(=O)c1cccc(S(=O)(=O)N(C)c2ccc(OC)cc2)c1)c1cccc2ccccc12. The molecule has 0 N–H and O–H groups in total. The van der Waals surface area contributed by atoms with E-state index in [4.69, 9.17) is 4.74 Å².